The van der Waals surface area contributed by atoms with Gasteiger partial charge < -0.3 is 15.0 Å². The van der Waals surface area contributed by atoms with Crippen molar-refractivity contribution in [2.24, 2.45) is 0 Å². The van der Waals surface area contributed by atoms with Gasteiger partial charge in [-0.05, 0) is 25.1 Å². The Kier molecular flexibility index (Phi) is 2.34. The van der Waals surface area contributed by atoms with E-state index in [9.17, 15) is 9.90 Å². The fraction of sp³-hybridized carbons (Fsp3) is 0.250. The molecule has 4 nitrogen and oxygen atoms in total. The molecule has 0 saturated carbocycles. The van der Waals surface area contributed by atoms with Gasteiger partial charge in [0.1, 0.15) is 5.75 Å². The molecule has 0 aliphatic rings. The van der Waals surface area contributed by atoms with Gasteiger partial charge in [0.25, 0.3) is 5.56 Å². The lowest BCUT2D eigenvalue weighted by Crippen LogP contribution is -2.11. The maximum atomic E-state index is 11.4. The Morgan fingerprint density at radius 1 is 1.31 bits per heavy atom. The maximum Gasteiger partial charge on any atom is 0.255 e. The summed E-state index contributed by atoms with van der Waals surface area (Å²) in [6.45, 7) is 1.61. The Morgan fingerprint density at radius 2 is 2.00 bits per heavy atom. The molecule has 0 fully saturated rings. The number of aromatic amines is 1. The zero-order valence-electron chi connectivity index (χ0n) is 9.53. The predicted octanol–water partition coefficient (Wildman–Crippen LogP) is 1.61. The standard InChI is InChI=1S/C12H14N2O2/c1-7-11(15)9-6-8(14(2)3)4-5-10(9)13-12(7)16/h4-6H,1-3H3,(H2,13,15,16). The average molecular weight is 218 g/mol. The van der Waals surface area contributed by atoms with Gasteiger partial charge in [0.2, 0.25) is 0 Å². The van der Waals surface area contributed by atoms with Gasteiger partial charge in [-0.1, -0.05) is 0 Å². The van der Waals surface area contributed by atoms with Crippen LogP contribution in [0.15, 0.2) is 23.0 Å². The highest BCUT2D eigenvalue weighted by atomic mass is 16.3. The van der Waals surface area contributed by atoms with Gasteiger partial charge in [-0.15, -0.1) is 0 Å². The molecule has 0 aliphatic heterocycles. The highest BCUT2D eigenvalue weighted by molar-refractivity contribution is 5.88. The molecule has 16 heavy (non-hydrogen) atoms. The second kappa shape index (κ2) is 3.56. The molecule has 0 saturated heterocycles. The first kappa shape index (κ1) is 10.5. The van der Waals surface area contributed by atoms with E-state index in [4.69, 9.17) is 0 Å². The minimum absolute atomic E-state index is 0.0578. The van der Waals surface area contributed by atoms with E-state index in [-0.39, 0.29) is 11.3 Å². The molecular weight excluding hydrogens is 204 g/mol. The number of fused-ring (bicyclic) bond motifs is 1. The van der Waals surface area contributed by atoms with Gasteiger partial charge >= 0.3 is 0 Å². The van der Waals surface area contributed by atoms with Crippen LogP contribution in [0.5, 0.6) is 5.75 Å². The first-order valence-corrected chi connectivity index (χ1v) is 5.03. The highest BCUT2D eigenvalue weighted by Crippen LogP contribution is 2.27. The smallest absolute Gasteiger partial charge is 0.255 e. The lowest BCUT2D eigenvalue weighted by atomic mass is 10.1. The monoisotopic (exact) mass is 218 g/mol. The van der Waals surface area contributed by atoms with Crippen molar-refractivity contribution in [1.82, 2.24) is 4.98 Å². The molecule has 0 atom stereocenters. The zero-order valence-corrected chi connectivity index (χ0v) is 9.53. The number of hydrogen-bond donors (Lipinski definition) is 2. The van der Waals surface area contributed by atoms with E-state index in [1.165, 1.54) is 0 Å². The van der Waals surface area contributed by atoms with Crippen LogP contribution in [-0.2, 0) is 0 Å². The van der Waals surface area contributed by atoms with E-state index in [0.717, 1.165) is 5.69 Å². The molecule has 0 unspecified atom stereocenters. The van der Waals surface area contributed by atoms with Crippen molar-refractivity contribution < 1.29 is 5.11 Å². The fourth-order valence-corrected chi connectivity index (χ4v) is 1.64. The van der Waals surface area contributed by atoms with Crippen LogP contribution in [0, 0.1) is 6.92 Å². The van der Waals surface area contributed by atoms with Crippen LogP contribution >= 0.6 is 0 Å². The lowest BCUT2D eigenvalue weighted by Gasteiger charge is -2.13. The predicted molar refractivity (Wildman–Crippen MR) is 65.3 cm³/mol. The SMILES string of the molecule is Cc1c(O)c2cc(N(C)C)ccc2[nH]c1=O. The third kappa shape index (κ3) is 1.52. The summed E-state index contributed by atoms with van der Waals surface area (Å²) in [5.41, 5.74) is 1.74. The van der Waals surface area contributed by atoms with Crippen LogP contribution in [0.3, 0.4) is 0 Å². The van der Waals surface area contributed by atoms with Gasteiger partial charge in [-0.3, -0.25) is 4.79 Å². The highest BCUT2D eigenvalue weighted by Gasteiger charge is 2.08. The molecule has 0 bridgehead atoms. The largest absolute Gasteiger partial charge is 0.507 e. The number of hydrogen-bond acceptors (Lipinski definition) is 3. The molecule has 4 heteroatoms. The summed E-state index contributed by atoms with van der Waals surface area (Å²) in [6.07, 6.45) is 0. The van der Waals surface area contributed by atoms with Crippen molar-refractivity contribution >= 4 is 16.6 Å². The summed E-state index contributed by atoms with van der Waals surface area (Å²) >= 11 is 0. The Bertz CT molecular complexity index is 600. The average Bonchev–Trinajstić information content (AvgIpc) is 2.25. The zero-order chi connectivity index (χ0) is 11.9. The molecule has 0 spiro atoms. The van der Waals surface area contributed by atoms with Crippen molar-refractivity contribution in [1.29, 1.82) is 0 Å². The second-order valence-corrected chi connectivity index (χ2v) is 4.05. The summed E-state index contributed by atoms with van der Waals surface area (Å²) in [7, 11) is 3.85. The molecule has 1 heterocycles. The minimum Gasteiger partial charge on any atom is -0.507 e. The topological polar surface area (TPSA) is 56.3 Å². The number of benzene rings is 1. The number of anilines is 1. The third-order valence-electron chi connectivity index (χ3n) is 2.72. The molecule has 0 radical (unpaired) electrons. The van der Waals surface area contributed by atoms with Gasteiger partial charge in [0.05, 0.1) is 11.1 Å². The van der Waals surface area contributed by atoms with Gasteiger partial charge in [0.15, 0.2) is 0 Å². The number of aromatic nitrogens is 1. The molecular formula is C12H14N2O2. The first-order valence-electron chi connectivity index (χ1n) is 5.03. The molecule has 84 valence electrons. The summed E-state index contributed by atoms with van der Waals surface area (Å²) < 4.78 is 0. The summed E-state index contributed by atoms with van der Waals surface area (Å²) in [5, 5.41) is 10.6. The van der Waals surface area contributed by atoms with Crippen molar-refractivity contribution in [3.63, 3.8) is 0 Å². The summed E-state index contributed by atoms with van der Waals surface area (Å²) in [6, 6.07) is 5.55. The van der Waals surface area contributed by atoms with Gasteiger partial charge in [-0.2, -0.15) is 0 Å². The van der Waals surface area contributed by atoms with Crippen molar-refractivity contribution in [2.45, 2.75) is 6.92 Å². The van der Waals surface area contributed by atoms with E-state index in [1.807, 2.05) is 31.1 Å². The van der Waals surface area contributed by atoms with E-state index in [1.54, 1.807) is 13.0 Å². The minimum atomic E-state index is -0.248. The molecule has 1 aromatic heterocycles. The fourth-order valence-electron chi connectivity index (χ4n) is 1.64. The first-order chi connectivity index (χ1) is 7.50. The molecule has 2 aromatic rings. The molecule has 2 N–H and O–H groups in total. The Balaban J connectivity index is 2.83. The van der Waals surface area contributed by atoms with E-state index >= 15 is 0 Å². The Morgan fingerprint density at radius 3 is 2.62 bits per heavy atom. The number of rotatable bonds is 1. The van der Waals surface area contributed by atoms with Crippen molar-refractivity contribution in [3.8, 4) is 5.75 Å². The lowest BCUT2D eigenvalue weighted by molar-refractivity contribution is 0.476. The van der Waals surface area contributed by atoms with Crippen molar-refractivity contribution in [3.05, 3.63) is 34.1 Å². The van der Waals surface area contributed by atoms with Crippen LogP contribution in [0.1, 0.15) is 5.56 Å². The maximum absolute atomic E-state index is 11.4. The molecule has 0 aliphatic carbocycles. The van der Waals surface area contributed by atoms with Crippen LogP contribution < -0.4 is 10.5 Å². The normalized spacial score (nSPS) is 10.7. The number of nitrogens with one attached hydrogen (secondary N) is 1. The van der Waals surface area contributed by atoms with Gasteiger partial charge in [0, 0.05) is 25.2 Å². The van der Waals surface area contributed by atoms with E-state index in [0.29, 0.717) is 16.5 Å². The molecule has 2 rings (SSSR count). The summed E-state index contributed by atoms with van der Waals surface area (Å²) in [4.78, 5) is 16.1. The Labute approximate surface area is 93.1 Å². The number of H-pyrrole nitrogens is 1. The van der Waals surface area contributed by atoms with E-state index in [2.05, 4.69) is 4.98 Å². The van der Waals surface area contributed by atoms with Crippen molar-refractivity contribution in [2.75, 3.05) is 19.0 Å². The molecule has 0 amide bonds. The van der Waals surface area contributed by atoms with E-state index < -0.39 is 0 Å². The van der Waals surface area contributed by atoms with Crippen LogP contribution in [0.2, 0.25) is 0 Å². The quantitative estimate of drug-likeness (QED) is 0.764. The Hall–Kier alpha value is -1.97. The van der Waals surface area contributed by atoms with Crippen LogP contribution in [-0.4, -0.2) is 24.2 Å². The number of aromatic hydroxyl groups is 1. The number of nitrogens with zero attached hydrogens (tertiary/aromatic N) is 1. The van der Waals surface area contributed by atoms with Crippen LogP contribution in [0.4, 0.5) is 5.69 Å². The molecule has 1 aromatic carbocycles. The van der Waals surface area contributed by atoms with Gasteiger partial charge in [-0.25, -0.2) is 0 Å². The number of pyridine rings is 1. The third-order valence-corrected chi connectivity index (χ3v) is 2.72. The second-order valence-electron chi connectivity index (χ2n) is 4.05. The summed E-state index contributed by atoms with van der Waals surface area (Å²) in [5.74, 6) is 0.0578. The van der Waals surface area contributed by atoms with Crippen LogP contribution in [0.25, 0.3) is 10.9 Å².